The topological polar surface area (TPSA) is 51.5 Å². The van der Waals surface area contributed by atoms with Crippen LogP contribution in [0.2, 0.25) is 0 Å². The van der Waals surface area contributed by atoms with Gasteiger partial charge in [0.15, 0.2) is 0 Å². The average Bonchev–Trinajstić information content (AvgIpc) is 3.10. The Morgan fingerprint density at radius 1 is 1.08 bits per heavy atom. The van der Waals surface area contributed by atoms with Gasteiger partial charge in [-0.1, -0.05) is 12.1 Å². The summed E-state index contributed by atoms with van der Waals surface area (Å²) in [4.78, 5) is 12.0. The van der Waals surface area contributed by atoms with Crippen LogP contribution < -0.4 is 10.1 Å². The molecule has 25 heavy (non-hydrogen) atoms. The normalized spacial score (nSPS) is 10.5. The lowest BCUT2D eigenvalue weighted by Gasteiger charge is -2.05. The molecule has 1 amide bonds. The fourth-order valence-corrected chi connectivity index (χ4v) is 2.45. The number of aryl methyl sites for hydroxylation is 1. The minimum absolute atomic E-state index is 0.117. The second-order valence-electron chi connectivity index (χ2n) is 5.52. The predicted octanol–water partition coefficient (Wildman–Crippen LogP) is 4.67. The van der Waals surface area contributed by atoms with Gasteiger partial charge in [0.05, 0.1) is 12.7 Å². The molecule has 0 aliphatic rings. The number of furan rings is 1. The number of nitrogens with one attached hydrogen (secondary N) is 1. The van der Waals surface area contributed by atoms with Gasteiger partial charge >= 0.3 is 0 Å². The highest BCUT2D eigenvalue weighted by molar-refractivity contribution is 5.90. The van der Waals surface area contributed by atoms with E-state index in [9.17, 15) is 9.18 Å². The van der Waals surface area contributed by atoms with Crippen LogP contribution >= 0.6 is 0 Å². The molecule has 5 heteroatoms. The van der Waals surface area contributed by atoms with Crippen LogP contribution in [0.15, 0.2) is 65.1 Å². The Morgan fingerprint density at radius 3 is 2.56 bits per heavy atom. The molecule has 0 unspecified atom stereocenters. The standard InChI is InChI=1S/C20H18FNO3/c1-24-15-8-6-14(7-9-15)22-20(23)13-11-16-10-12-19(25-16)17-4-2-3-5-18(17)21/h2-10,12H,11,13H2,1H3,(H,22,23). The number of rotatable bonds is 6. The predicted molar refractivity (Wildman–Crippen MR) is 94.0 cm³/mol. The monoisotopic (exact) mass is 339 g/mol. The molecule has 0 spiro atoms. The Hall–Kier alpha value is -3.08. The maximum absolute atomic E-state index is 13.8. The van der Waals surface area contributed by atoms with E-state index >= 15 is 0 Å². The van der Waals surface area contributed by atoms with Gasteiger partial charge in [-0.15, -0.1) is 0 Å². The van der Waals surface area contributed by atoms with Gasteiger partial charge in [-0.05, 0) is 48.5 Å². The van der Waals surface area contributed by atoms with Crippen LogP contribution in [0, 0.1) is 5.82 Å². The van der Waals surface area contributed by atoms with Crippen molar-refractivity contribution in [3.8, 4) is 17.1 Å². The number of amides is 1. The van der Waals surface area contributed by atoms with Crippen LogP contribution in [-0.4, -0.2) is 13.0 Å². The fraction of sp³-hybridized carbons (Fsp3) is 0.150. The van der Waals surface area contributed by atoms with E-state index in [4.69, 9.17) is 9.15 Å². The van der Waals surface area contributed by atoms with E-state index < -0.39 is 0 Å². The van der Waals surface area contributed by atoms with E-state index in [0.29, 0.717) is 29.2 Å². The Labute approximate surface area is 145 Å². The van der Waals surface area contributed by atoms with Crippen molar-refractivity contribution < 1.29 is 18.3 Å². The van der Waals surface area contributed by atoms with Crippen molar-refractivity contribution in [1.82, 2.24) is 0 Å². The molecule has 0 aliphatic carbocycles. The van der Waals surface area contributed by atoms with E-state index in [1.807, 2.05) is 0 Å². The first-order valence-electron chi connectivity index (χ1n) is 7.93. The molecule has 2 aromatic carbocycles. The van der Waals surface area contributed by atoms with Crippen LogP contribution in [-0.2, 0) is 11.2 Å². The molecule has 1 N–H and O–H groups in total. The van der Waals surface area contributed by atoms with Gasteiger partial charge in [-0.25, -0.2) is 4.39 Å². The Bertz CT molecular complexity index is 855. The summed E-state index contributed by atoms with van der Waals surface area (Å²) < 4.78 is 24.5. The number of hydrogen-bond donors (Lipinski definition) is 1. The number of ether oxygens (including phenoxy) is 1. The summed E-state index contributed by atoms with van der Waals surface area (Å²) >= 11 is 0. The molecule has 0 fully saturated rings. The quantitative estimate of drug-likeness (QED) is 0.710. The fourth-order valence-electron chi connectivity index (χ4n) is 2.45. The highest BCUT2D eigenvalue weighted by Gasteiger charge is 2.10. The van der Waals surface area contributed by atoms with E-state index in [1.54, 1.807) is 61.7 Å². The SMILES string of the molecule is COc1ccc(NC(=O)CCc2ccc(-c3ccccc3F)o2)cc1. The molecule has 0 atom stereocenters. The molecule has 3 aromatic rings. The summed E-state index contributed by atoms with van der Waals surface area (Å²) in [7, 11) is 1.59. The van der Waals surface area contributed by atoms with Crippen molar-refractivity contribution in [3.63, 3.8) is 0 Å². The number of carbonyl (C=O) groups excluding carboxylic acids is 1. The third kappa shape index (κ3) is 4.26. The largest absolute Gasteiger partial charge is 0.497 e. The molecular weight excluding hydrogens is 321 g/mol. The molecule has 0 bridgehead atoms. The van der Waals surface area contributed by atoms with Gasteiger partial charge in [0, 0.05) is 18.5 Å². The van der Waals surface area contributed by atoms with Gasteiger partial charge in [0.1, 0.15) is 23.1 Å². The molecule has 0 saturated carbocycles. The van der Waals surface area contributed by atoms with Gasteiger partial charge in [-0.2, -0.15) is 0 Å². The lowest BCUT2D eigenvalue weighted by atomic mass is 10.1. The third-order valence-electron chi connectivity index (χ3n) is 3.77. The van der Waals surface area contributed by atoms with Gasteiger partial charge < -0.3 is 14.5 Å². The average molecular weight is 339 g/mol. The lowest BCUT2D eigenvalue weighted by Crippen LogP contribution is -2.12. The number of benzene rings is 2. The minimum atomic E-state index is -0.333. The number of methoxy groups -OCH3 is 1. The van der Waals surface area contributed by atoms with Crippen LogP contribution in [0.3, 0.4) is 0 Å². The van der Waals surface area contributed by atoms with E-state index in [2.05, 4.69) is 5.32 Å². The Kier molecular flexibility index (Phi) is 5.14. The third-order valence-corrected chi connectivity index (χ3v) is 3.77. The second kappa shape index (κ2) is 7.66. The molecule has 1 heterocycles. The van der Waals surface area contributed by atoms with Crippen molar-refractivity contribution in [2.45, 2.75) is 12.8 Å². The van der Waals surface area contributed by atoms with Gasteiger partial charge in [0.2, 0.25) is 5.91 Å². The van der Waals surface area contributed by atoms with E-state index in [0.717, 1.165) is 5.75 Å². The lowest BCUT2D eigenvalue weighted by molar-refractivity contribution is -0.116. The van der Waals surface area contributed by atoms with Crippen LogP contribution in [0.1, 0.15) is 12.2 Å². The number of carbonyl (C=O) groups is 1. The van der Waals surface area contributed by atoms with Crippen LogP contribution in [0.4, 0.5) is 10.1 Å². The second-order valence-corrected chi connectivity index (χ2v) is 5.52. The van der Waals surface area contributed by atoms with Crippen LogP contribution in [0.5, 0.6) is 5.75 Å². The van der Waals surface area contributed by atoms with Crippen LogP contribution in [0.25, 0.3) is 11.3 Å². The summed E-state index contributed by atoms with van der Waals surface area (Å²) in [6.45, 7) is 0. The maximum atomic E-state index is 13.8. The molecule has 1 aromatic heterocycles. The molecule has 0 aliphatic heterocycles. The zero-order chi connectivity index (χ0) is 17.6. The van der Waals surface area contributed by atoms with Crippen molar-refractivity contribution in [2.75, 3.05) is 12.4 Å². The van der Waals surface area contributed by atoms with Crippen molar-refractivity contribution in [1.29, 1.82) is 0 Å². The number of anilines is 1. The molecule has 0 radical (unpaired) electrons. The molecular formula is C20H18FNO3. The summed E-state index contributed by atoms with van der Waals surface area (Å²) in [5.41, 5.74) is 1.12. The number of halogens is 1. The van der Waals surface area contributed by atoms with E-state index in [1.165, 1.54) is 6.07 Å². The zero-order valence-corrected chi connectivity index (χ0v) is 13.8. The summed E-state index contributed by atoms with van der Waals surface area (Å²) in [5.74, 6) is 1.38. The molecule has 3 rings (SSSR count). The summed E-state index contributed by atoms with van der Waals surface area (Å²) in [5, 5.41) is 2.81. The zero-order valence-electron chi connectivity index (χ0n) is 13.8. The van der Waals surface area contributed by atoms with Gasteiger partial charge in [-0.3, -0.25) is 4.79 Å². The van der Waals surface area contributed by atoms with E-state index in [-0.39, 0.29) is 18.1 Å². The first-order chi connectivity index (χ1) is 12.2. The van der Waals surface area contributed by atoms with Crippen molar-refractivity contribution >= 4 is 11.6 Å². The maximum Gasteiger partial charge on any atom is 0.224 e. The Balaban J connectivity index is 1.56. The molecule has 0 saturated heterocycles. The Morgan fingerprint density at radius 2 is 1.84 bits per heavy atom. The summed E-state index contributed by atoms with van der Waals surface area (Å²) in [6.07, 6.45) is 0.715. The summed E-state index contributed by atoms with van der Waals surface area (Å²) in [6, 6.07) is 17.0. The minimum Gasteiger partial charge on any atom is -0.497 e. The smallest absolute Gasteiger partial charge is 0.224 e. The highest BCUT2D eigenvalue weighted by atomic mass is 19.1. The van der Waals surface area contributed by atoms with Crippen molar-refractivity contribution in [3.05, 3.63) is 72.2 Å². The first-order valence-corrected chi connectivity index (χ1v) is 7.93. The highest BCUT2D eigenvalue weighted by Crippen LogP contribution is 2.25. The first kappa shape index (κ1) is 16.8. The molecule has 128 valence electrons. The van der Waals surface area contributed by atoms with Gasteiger partial charge in [0.25, 0.3) is 0 Å². The number of hydrogen-bond acceptors (Lipinski definition) is 3. The molecule has 4 nitrogen and oxygen atoms in total. The van der Waals surface area contributed by atoms with Crippen molar-refractivity contribution in [2.24, 2.45) is 0 Å².